The maximum atomic E-state index is 11.5. The largest absolute Gasteiger partial charge is 0.469 e. The molecule has 3 unspecified atom stereocenters. The van der Waals surface area contributed by atoms with E-state index < -0.39 is 0 Å². The van der Waals surface area contributed by atoms with Crippen molar-refractivity contribution in [3.63, 3.8) is 0 Å². The van der Waals surface area contributed by atoms with Gasteiger partial charge in [0.2, 0.25) is 0 Å². The number of esters is 1. The van der Waals surface area contributed by atoms with Crippen molar-refractivity contribution in [1.82, 2.24) is 4.90 Å². The molecule has 0 spiro atoms. The quantitative estimate of drug-likeness (QED) is 0.800. The first-order valence-electron chi connectivity index (χ1n) is 8.12. The Bertz CT molecular complexity index is 473. The predicted molar refractivity (Wildman–Crippen MR) is 83.1 cm³/mol. The minimum absolute atomic E-state index is 0.0520. The van der Waals surface area contributed by atoms with Crippen LogP contribution in [0.4, 0.5) is 0 Å². The molecule has 3 rings (SSSR count). The molecule has 2 heterocycles. The van der Waals surface area contributed by atoms with Crippen molar-refractivity contribution in [2.75, 3.05) is 20.2 Å². The summed E-state index contributed by atoms with van der Waals surface area (Å²) in [4.78, 5) is 14.1. The smallest absolute Gasteiger partial charge is 0.305 e. The highest BCUT2D eigenvalue weighted by Crippen LogP contribution is 2.37. The van der Waals surface area contributed by atoms with Gasteiger partial charge in [0.05, 0.1) is 7.11 Å². The Balaban J connectivity index is 1.61. The maximum absolute atomic E-state index is 11.5. The highest BCUT2D eigenvalue weighted by Gasteiger charge is 2.34. The minimum atomic E-state index is -0.0520. The summed E-state index contributed by atoms with van der Waals surface area (Å²) in [5.41, 5.74) is 1.48. The molecule has 1 aromatic rings. The zero-order valence-electron chi connectivity index (χ0n) is 12.8. The summed E-state index contributed by atoms with van der Waals surface area (Å²) in [7, 11) is 1.49. The van der Waals surface area contributed by atoms with Gasteiger partial charge in [0, 0.05) is 12.5 Å². The van der Waals surface area contributed by atoms with Crippen molar-refractivity contribution in [2.45, 2.75) is 44.1 Å². The Morgan fingerprint density at radius 2 is 1.95 bits per heavy atom. The van der Waals surface area contributed by atoms with Crippen LogP contribution in [0.25, 0.3) is 0 Å². The van der Waals surface area contributed by atoms with Crippen LogP contribution in [0.5, 0.6) is 0 Å². The SMILES string of the molecule is COC(=O)CC1CCN2CCC(c3ccccc3)CC2C1. The Morgan fingerprint density at radius 3 is 2.71 bits per heavy atom. The summed E-state index contributed by atoms with van der Waals surface area (Å²) in [6.45, 7) is 2.35. The second-order valence-electron chi connectivity index (χ2n) is 6.49. The summed E-state index contributed by atoms with van der Waals surface area (Å²) in [6.07, 6.45) is 5.39. The van der Waals surface area contributed by atoms with Crippen LogP contribution in [0.2, 0.25) is 0 Å². The normalized spacial score (nSPS) is 29.7. The molecule has 0 aromatic heterocycles. The second kappa shape index (κ2) is 6.61. The third kappa shape index (κ3) is 3.46. The van der Waals surface area contributed by atoms with Gasteiger partial charge in [-0.05, 0) is 56.2 Å². The van der Waals surface area contributed by atoms with Gasteiger partial charge in [0.15, 0.2) is 0 Å². The number of nitrogens with zero attached hydrogens (tertiary/aromatic N) is 1. The van der Waals surface area contributed by atoms with Gasteiger partial charge in [-0.1, -0.05) is 30.3 Å². The lowest BCUT2D eigenvalue weighted by atomic mass is 9.78. The molecule has 2 saturated heterocycles. The van der Waals surface area contributed by atoms with Crippen LogP contribution in [0.3, 0.4) is 0 Å². The molecule has 3 heteroatoms. The Labute approximate surface area is 127 Å². The molecule has 0 amide bonds. The molecular weight excluding hydrogens is 262 g/mol. The molecule has 0 bridgehead atoms. The van der Waals surface area contributed by atoms with Gasteiger partial charge in [-0.15, -0.1) is 0 Å². The van der Waals surface area contributed by atoms with E-state index in [0.29, 0.717) is 24.3 Å². The summed E-state index contributed by atoms with van der Waals surface area (Å²) in [6, 6.07) is 11.5. The second-order valence-corrected chi connectivity index (χ2v) is 6.49. The lowest BCUT2D eigenvalue weighted by Crippen LogP contribution is -2.47. The van der Waals surface area contributed by atoms with Gasteiger partial charge in [-0.3, -0.25) is 4.79 Å². The fourth-order valence-corrected chi connectivity index (χ4v) is 4.02. The molecule has 2 fully saturated rings. The minimum Gasteiger partial charge on any atom is -0.469 e. The van der Waals surface area contributed by atoms with Crippen LogP contribution in [0.15, 0.2) is 30.3 Å². The van der Waals surface area contributed by atoms with Crippen LogP contribution in [-0.4, -0.2) is 37.1 Å². The summed E-state index contributed by atoms with van der Waals surface area (Å²) in [5.74, 6) is 1.14. The number of hydrogen-bond donors (Lipinski definition) is 0. The third-order valence-electron chi connectivity index (χ3n) is 5.22. The molecule has 0 N–H and O–H groups in total. The van der Waals surface area contributed by atoms with E-state index in [0.717, 1.165) is 19.4 Å². The molecule has 0 radical (unpaired) electrons. The zero-order valence-corrected chi connectivity index (χ0v) is 12.8. The molecule has 0 aliphatic carbocycles. The van der Waals surface area contributed by atoms with Gasteiger partial charge in [0.1, 0.15) is 0 Å². The van der Waals surface area contributed by atoms with E-state index in [9.17, 15) is 4.79 Å². The molecule has 21 heavy (non-hydrogen) atoms. The van der Waals surface area contributed by atoms with Gasteiger partial charge in [0.25, 0.3) is 0 Å². The Kier molecular flexibility index (Phi) is 4.59. The molecule has 1 aromatic carbocycles. The molecular formula is C18H25NO2. The number of carbonyl (C=O) groups excluding carboxylic acids is 1. The van der Waals surface area contributed by atoms with Crippen molar-refractivity contribution in [3.05, 3.63) is 35.9 Å². The highest BCUT2D eigenvalue weighted by atomic mass is 16.5. The number of methoxy groups -OCH3 is 1. The van der Waals surface area contributed by atoms with Crippen LogP contribution < -0.4 is 0 Å². The van der Waals surface area contributed by atoms with Crippen LogP contribution in [0.1, 0.15) is 43.6 Å². The fourth-order valence-electron chi connectivity index (χ4n) is 4.02. The number of benzene rings is 1. The number of piperidine rings is 2. The van der Waals surface area contributed by atoms with Gasteiger partial charge >= 0.3 is 5.97 Å². The van der Waals surface area contributed by atoms with Crippen LogP contribution >= 0.6 is 0 Å². The van der Waals surface area contributed by atoms with Crippen molar-refractivity contribution >= 4 is 5.97 Å². The number of hydrogen-bond acceptors (Lipinski definition) is 3. The highest BCUT2D eigenvalue weighted by molar-refractivity contribution is 5.69. The van der Waals surface area contributed by atoms with E-state index in [1.165, 1.54) is 32.1 Å². The van der Waals surface area contributed by atoms with Crippen molar-refractivity contribution in [2.24, 2.45) is 5.92 Å². The summed E-state index contributed by atoms with van der Waals surface area (Å²) < 4.78 is 4.83. The Morgan fingerprint density at radius 1 is 1.19 bits per heavy atom. The lowest BCUT2D eigenvalue weighted by Gasteiger charge is -2.45. The van der Waals surface area contributed by atoms with Gasteiger partial charge in [-0.25, -0.2) is 0 Å². The van der Waals surface area contributed by atoms with Gasteiger partial charge < -0.3 is 9.64 Å². The molecule has 114 valence electrons. The average Bonchev–Trinajstić information content (AvgIpc) is 2.55. The predicted octanol–water partition coefficient (Wildman–Crippen LogP) is 3.21. The van der Waals surface area contributed by atoms with Gasteiger partial charge in [-0.2, -0.15) is 0 Å². The first-order chi connectivity index (χ1) is 10.3. The van der Waals surface area contributed by atoms with Crippen LogP contribution in [-0.2, 0) is 9.53 Å². The van der Waals surface area contributed by atoms with E-state index in [-0.39, 0.29) is 5.97 Å². The summed E-state index contributed by atoms with van der Waals surface area (Å²) in [5, 5.41) is 0. The fraction of sp³-hybridized carbons (Fsp3) is 0.611. The molecule has 2 aliphatic heterocycles. The number of fused-ring (bicyclic) bond motifs is 1. The van der Waals surface area contributed by atoms with E-state index in [4.69, 9.17) is 4.74 Å². The molecule has 2 aliphatic rings. The standard InChI is InChI=1S/C18H25NO2/c1-21-18(20)12-14-7-9-19-10-8-16(13-17(19)11-14)15-5-3-2-4-6-15/h2-6,14,16-17H,7-13H2,1H3. The van der Waals surface area contributed by atoms with Crippen LogP contribution in [0, 0.1) is 5.92 Å². The first-order valence-corrected chi connectivity index (χ1v) is 8.12. The van der Waals surface area contributed by atoms with Crippen molar-refractivity contribution in [1.29, 1.82) is 0 Å². The summed E-state index contributed by atoms with van der Waals surface area (Å²) >= 11 is 0. The average molecular weight is 287 g/mol. The van der Waals surface area contributed by atoms with Crippen molar-refractivity contribution in [3.8, 4) is 0 Å². The topological polar surface area (TPSA) is 29.5 Å². The monoisotopic (exact) mass is 287 g/mol. The lowest BCUT2D eigenvalue weighted by molar-refractivity contribution is -0.142. The molecule has 3 nitrogen and oxygen atoms in total. The Hall–Kier alpha value is -1.35. The first kappa shape index (κ1) is 14.6. The number of rotatable bonds is 3. The van der Waals surface area contributed by atoms with E-state index in [1.54, 1.807) is 0 Å². The van der Waals surface area contributed by atoms with E-state index >= 15 is 0 Å². The molecule has 0 saturated carbocycles. The number of carbonyl (C=O) groups is 1. The van der Waals surface area contributed by atoms with Crippen molar-refractivity contribution < 1.29 is 9.53 Å². The van der Waals surface area contributed by atoms with E-state index in [1.807, 2.05) is 0 Å². The van der Waals surface area contributed by atoms with E-state index in [2.05, 4.69) is 35.2 Å². The zero-order chi connectivity index (χ0) is 14.7. The maximum Gasteiger partial charge on any atom is 0.305 e. The number of ether oxygens (including phenoxy) is 1. The molecule has 3 atom stereocenters. The third-order valence-corrected chi connectivity index (χ3v) is 5.22.